The molecule has 0 atom stereocenters. The van der Waals surface area contributed by atoms with E-state index >= 15 is 0 Å². The highest BCUT2D eigenvalue weighted by Crippen LogP contribution is 2.29. The molecule has 0 unspecified atom stereocenters. The van der Waals surface area contributed by atoms with Gasteiger partial charge < -0.3 is 20.5 Å². The van der Waals surface area contributed by atoms with E-state index in [-0.39, 0.29) is 18.5 Å². The lowest BCUT2D eigenvalue weighted by molar-refractivity contribution is -0.116. The molecular weight excluding hydrogens is 270 g/mol. The molecule has 1 amide bonds. The van der Waals surface area contributed by atoms with E-state index in [4.69, 9.17) is 11.6 Å². The number of nitrogens with zero attached hydrogens (tertiary/aromatic N) is 4. The van der Waals surface area contributed by atoms with Crippen LogP contribution in [-0.2, 0) is 4.79 Å². The van der Waals surface area contributed by atoms with Crippen molar-refractivity contribution in [1.82, 2.24) is 14.4 Å². The first-order chi connectivity index (χ1) is 10.2. The van der Waals surface area contributed by atoms with Crippen molar-refractivity contribution in [3.8, 4) is 0 Å². The number of aromatic nitrogens is 3. The van der Waals surface area contributed by atoms with Crippen LogP contribution in [0.1, 0.15) is 25.7 Å². The minimum Gasteiger partial charge on any atom is -0.368 e. The van der Waals surface area contributed by atoms with Crippen LogP contribution in [0.2, 0.25) is 0 Å². The van der Waals surface area contributed by atoms with Crippen molar-refractivity contribution in [3.05, 3.63) is 18.6 Å². The summed E-state index contributed by atoms with van der Waals surface area (Å²) in [5.41, 5.74) is 8.65. The molecule has 1 aliphatic rings. The zero-order chi connectivity index (χ0) is 14.8. The fourth-order valence-electron chi connectivity index (χ4n) is 2.94. The second-order valence-corrected chi connectivity index (χ2v) is 5.28. The summed E-state index contributed by atoms with van der Waals surface area (Å²) in [5.74, 6) is 6.26. The smallest absolute Gasteiger partial charge is 0.237 e. The first kappa shape index (κ1) is 13.6. The van der Waals surface area contributed by atoms with E-state index in [1.807, 2.05) is 15.5 Å². The highest BCUT2D eigenvalue weighted by molar-refractivity contribution is 5.81. The maximum Gasteiger partial charge on any atom is 0.237 e. The van der Waals surface area contributed by atoms with Gasteiger partial charge in [-0.2, -0.15) is 0 Å². The molecule has 0 aromatic carbocycles. The first-order valence-corrected chi connectivity index (χ1v) is 7.04. The third-order valence-corrected chi connectivity index (χ3v) is 3.87. The number of hydrogen-bond donors (Lipinski definition) is 3. The minimum absolute atomic E-state index is 0.133. The van der Waals surface area contributed by atoms with Crippen LogP contribution >= 0.6 is 0 Å². The van der Waals surface area contributed by atoms with E-state index in [9.17, 15) is 4.79 Å². The number of nitrogens with one attached hydrogen (secondary N) is 1. The Balaban J connectivity index is 2.08. The Kier molecular flexibility index (Phi) is 3.61. The zero-order valence-electron chi connectivity index (χ0n) is 11.7. The fraction of sp³-hybridized carbons (Fsp3) is 0.462. The van der Waals surface area contributed by atoms with Crippen molar-refractivity contribution in [3.63, 3.8) is 0 Å². The van der Waals surface area contributed by atoms with E-state index in [1.54, 1.807) is 12.4 Å². The van der Waals surface area contributed by atoms with Crippen molar-refractivity contribution >= 4 is 23.2 Å². The van der Waals surface area contributed by atoms with E-state index in [0.29, 0.717) is 17.3 Å². The summed E-state index contributed by atoms with van der Waals surface area (Å²) >= 11 is 0. The summed E-state index contributed by atoms with van der Waals surface area (Å²) in [4.78, 5) is 22.2. The summed E-state index contributed by atoms with van der Waals surface area (Å²) < 4.78 is 1.83. The van der Waals surface area contributed by atoms with E-state index in [1.165, 1.54) is 0 Å². The topological polar surface area (TPSA) is 115 Å². The number of carbonyl (C=O) groups excluding carboxylic acids is 1. The molecule has 0 aliphatic heterocycles. The summed E-state index contributed by atoms with van der Waals surface area (Å²) in [5, 5.41) is 0. The Morgan fingerprint density at radius 1 is 1.48 bits per heavy atom. The van der Waals surface area contributed by atoms with Gasteiger partial charge in [0.15, 0.2) is 17.3 Å². The summed E-state index contributed by atoms with van der Waals surface area (Å²) in [7, 11) is 0. The maximum atomic E-state index is 11.5. The lowest BCUT2D eigenvalue weighted by Gasteiger charge is -2.29. The molecule has 0 bridgehead atoms. The first-order valence-electron chi connectivity index (χ1n) is 7.04. The van der Waals surface area contributed by atoms with Gasteiger partial charge in [-0.25, -0.2) is 15.8 Å². The Bertz CT molecular complexity index is 647. The monoisotopic (exact) mass is 289 g/mol. The van der Waals surface area contributed by atoms with Crippen LogP contribution in [0.25, 0.3) is 5.65 Å². The molecule has 1 fully saturated rings. The molecule has 8 nitrogen and oxygen atoms in total. The highest BCUT2D eigenvalue weighted by atomic mass is 16.1. The largest absolute Gasteiger partial charge is 0.368 e. The summed E-state index contributed by atoms with van der Waals surface area (Å²) in [6.07, 6.45) is 9.63. The molecule has 21 heavy (non-hydrogen) atoms. The number of anilines is 2. The van der Waals surface area contributed by atoms with Crippen molar-refractivity contribution in [2.45, 2.75) is 31.7 Å². The predicted octanol–water partition coefficient (Wildman–Crippen LogP) is 0.249. The third-order valence-electron chi connectivity index (χ3n) is 3.87. The number of nitrogens with two attached hydrogens (primary N) is 2. The summed E-state index contributed by atoms with van der Waals surface area (Å²) in [6.45, 7) is 0.133. The van der Waals surface area contributed by atoms with Gasteiger partial charge in [0.25, 0.3) is 0 Å². The van der Waals surface area contributed by atoms with Gasteiger partial charge >= 0.3 is 0 Å². The van der Waals surface area contributed by atoms with Crippen LogP contribution in [0.4, 0.5) is 11.6 Å². The van der Waals surface area contributed by atoms with Crippen LogP contribution in [-0.4, -0.2) is 32.9 Å². The molecular formula is C13H19N7O. The van der Waals surface area contributed by atoms with Crippen molar-refractivity contribution in [2.75, 3.05) is 16.9 Å². The number of nitrogen functional groups attached to an aromatic ring is 1. The number of imidazole rings is 1. The Morgan fingerprint density at radius 3 is 2.90 bits per heavy atom. The van der Waals surface area contributed by atoms with E-state index in [0.717, 1.165) is 25.7 Å². The quantitative estimate of drug-likeness (QED) is 0.537. The third kappa shape index (κ3) is 2.62. The van der Waals surface area contributed by atoms with Crippen LogP contribution in [0.15, 0.2) is 18.6 Å². The maximum absolute atomic E-state index is 11.5. The second kappa shape index (κ2) is 5.57. The fourth-order valence-corrected chi connectivity index (χ4v) is 2.94. The molecule has 2 aromatic heterocycles. The van der Waals surface area contributed by atoms with E-state index < -0.39 is 0 Å². The second-order valence-electron chi connectivity index (χ2n) is 5.28. The van der Waals surface area contributed by atoms with Crippen LogP contribution in [0.5, 0.6) is 0 Å². The molecule has 2 aromatic rings. The number of rotatable bonds is 5. The number of primary amides is 1. The van der Waals surface area contributed by atoms with Gasteiger partial charge in [0.1, 0.15) is 0 Å². The molecule has 2 heterocycles. The molecule has 1 aliphatic carbocycles. The van der Waals surface area contributed by atoms with Gasteiger partial charge in [0.2, 0.25) is 5.91 Å². The van der Waals surface area contributed by atoms with Crippen molar-refractivity contribution in [1.29, 1.82) is 0 Å². The molecule has 8 heteroatoms. The van der Waals surface area contributed by atoms with E-state index in [2.05, 4.69) is 15.4 Å². The SMILES string of the molecule is NNc1cn2ccnc2c(N(CC(N)=O)C2CCCC2)n1. The average molecular weight is 289 g/mol. The average Bonchev–Trinajstić information content (AvgIpc) is 3.14. The molecule has 0 radical (unpaired) electrons. The van der Waals surface area contributed by atoms with Gasteiger partial charge in [-0.1, -0.05) is 12.8 Å². The molecule has 0 saturated heterocycles. The molecule has 112 valence electrons. The number of amides is 1. The minimum atomic E-state index is -0.375. The molecule has 5 N–H and O–H groups in total. The predicted molar refractivity (Wildman–Crippen MR) is 79.6 cm³/mol. The Labute approximate surface area is 122 Å². The number of hydrogen-bond acceptors (Lipinski definition) is 6. The number of hydrazine groups is 1. The van der Waals surface area contributed by atoms with Gasteiger partial charge in [0, 0.05) is 18.4 Å². The van der Waals surface area contributed by atoms with Crippen molar-refractivity contribution in [2.24, 2.45) is 11.6 Å². The summed E-state index contributed by atoms with van der Waals surface area (Å²) in [6, 6.07) is 0.263. The molecule has 1 saturated carbocycles. The standard InChI is InChI=1S/C13H19N7O/c14-10(21)7-20(9-3-1-2-4-9)13-12-16-5-6-19(12)8-11(17-13)18-15/h5-6,8-9,18H,1-4,7,15H2,(H2,14,21). The van der Waals surface area contributed by atoms with Crippen LogP contribution < -0.4 is 21.9 Å². The van der Waals surface area contributed by atoms with Gasteiger partial charge in [-0.05, 0) is 12.8 Å². The highest BCUT2D eigenvalue weighted by Gasteiger charge is 2.27. The lowest BCUT2D eigenvalue weighted by atomic mass is 10.2. The van der Waals surface area contributed by atoms with Gasteiger partial charge in [-0.3, -0.25) is 4.79 Å². The number of carbonyl (C=O) groups is 1. The Hall–Kier alpha value is -2.35. The lowest BCUT2D eigenvalue weighted by Crippen LogP contribution is -2.41. The van der Waals surface area contributed by atoms with Crippen molar-refractivity contribution < 1.29 is 4.79 Å². The zero-order valence-corrected chi connectivity index (χ0v) is 11.7. The normalized spacial score (nSPS) is 15.5. The van der Waals surface area contributed by atoms with Gasteiger partial charge in [-0.15, -0.1) is 0 Å². The molecule has 0 spiro atoms. The van der Waals surface area contributed by atoms with Crippen LogP contribution in [0, 0.1) is 0 Å². The van der Waals surface area contributed by atoms with Crippen LogP contribution in [0.3, 0.4) is 0 Å². The van der Waals surface area contributed by atoms with Gasteiger partial charge in [0.05, 0.1) is 12.7 Å². The molecule has 3 rings (SSSR count). The Morgan fingerprint density at radius 2 is 2.24 bits per heavy atom. The number of fused-ring (bicyclic) bond motifs is 1.